The van der Waals surface area contributed by atoms with Crippen molar-refractivity contribution in [1.82, 2.24) is 4.90 Å². The fraction of sp³-hybridized carbons (Fsp3) is 0.571. The molecule has 1 aromatic rings. The van der Waals surface area contributed by atoms with Crippen molar-refractivity contribution in [2.75, 3.05) is 19.6 Å². The van der Waals surface area contributed by atoms with Crippen LogP contribution in [0.2, 0.25) is 0 Å². The Balaban J connectivity index is 1.98. The van der Waals surface area contributed by atoms with Gasteiger partial charge in [-0.25, -0.2) is 4.39 Å². The molecule has 0 N–H and O–H groups in total. The van der Waals surface area contributed by atoms with Gasteiger partial charge in [-0.2, -0.15) is 0 Å². The fourth-order valence-corrected chi connectivity index (χ4v) is 2.55. The molecule has 1 heterocycles. The van der Waals surface area contributed by atoms with Crippen molar-refractivity contribution in [2.24, 2.45) is 5.92 Å². The first-order valence-corrected chi connectivity index (χ1v) is 6.13. The predicted octanol–water partition coefficient (Wildman–Crippen LogP) is 3.27. The summed E-state index contributed by atoms with van der Waals surface area (Å²) in [7, 11) is 0. The molecule has 0 radical (unpaired) electrons. The average molecular weight is 221 g/mol. The number of likely N-dealkylation sites (tertiary alicyclic amines) is 1. The van der Waals surface area contributed by atoms with E-state index in [0.29, 0.717) is 11.8 Å². The highest BCUT2D eigenvalue weighted by molar-refractivity contribution is 5.22. The highest BCUT2D eigenvalue weighted by Gasteiger charge is 2.24. The van der Waals surface area contributed by atoms with Crippen LogP contribution in [0.1, 0.15) is 31.7 Å². The Kier molecular flexibility index (Phi) is 3.59. The van der Waals surface area contributed by atoms with Crippen molar-refractivity contribution in [2.45, 2.75) is 26.2 Å². The van der Waals surface area contributed by atoms with Crippen molar-refractivity contribution in [1.29, 1.82) is 0 Å². The van der Waals surface area contributed by atoms with Gasteiger partial charge in [-0.15, -0.1) is 0 Å². The van der Waals surface area contributed by atoms with Crippen molar-refractivity contribution >= 4 is 0 Å². The molecule has 0 unspecified atom stereocenters. The Hall–Kier alpha value is -0.890. The molecular formula is C14H20FN. The third-order valence-corrected chi connectivity index (χ3v) is 3.22. The lowest BCUT2D eigenvalue weighted by Crippen LogP contribution is -2.24. The van der Waals surface area contributed by atoms with Crippen LogP contribution >= 0.6 is 0 Å². The molecular weight excluding hydrogens is 201 g/mol. The van der Waals surface area contributed by atoms with Crippen LogP contribution in [-0.4, -0.2) is 24.5 Å². The van der Waals surface area contributed by atoms with Crippen LogP contribution in [0.3, 0.4) is 0 Å². The molecule has 1 aliphatic heterocycles. The van der Waals surface area contributed by atoms with Gasteiger partial charge in [0.1, 0.15) is 5.82 Å². The Labute approximate surface area is 97.3 Å². The number of hydrogen-bond donors (Lipinski definition) is 0. The SMILES string of the molecule is CC(C)CN1CC[C@@H](c2cccc(F)c2)C1. The molecule has 16 heavy (non-hydrogen) atoms. The van der Waals surface area contributed by atoms with Gasteiger partial charge >= 0.3 is 0 Å². The number of nitrogens with zero attached hydrogens (tertiary/aromatic N) is 1. The molecule has 0 bridgehead atoms. The highest BCUT2D eigenvalue weighted by Crippen LogP contribution is 2.27. The molecule has 1 aromatic carbocycles. The van der Waals surface area contributed by atoms with E-state index >= 15 is 0 Å². The van der Waals surface area contributed by atoms with Crippen molar-refractivity contribution in [3.05, 3.63) is 35.6 Å². The van der Waals surface area contributed by atoms with Crippen molar-refractivity contribution in [3.8, 4) is 0 Å². The normalized spacial score (nSPS) is 21.9. The van der Waals surface area contributed by atoms with E-state index in [1.807, 2.05) is 12.1 Å². The maximum Gasteiger partial charge on any atom is 0.123 e. The van der Waals surface area contributed by atoms with E-state index in [9.17, 15) is 4.39 Å². The molecule has 0 aliphatic carbocycles. The van der Waals surface area contributed by atoms with Gasteiger partial charge in [0, 0.05) is 13.1 Å². The van der Waals surface area contributed by atoms with Crippen LogP contribution < -0.4 is 0 Å². The molecule has 1 atom stereocenters. The van der Waals surface area contributed by atoms with Gasteiger partial charge in [-0.3, -0.25) is 0 Å². The lowest BCUT2D eigenvalue weighted by atomic mass is 9.98. The summed E-state index contributed by atoms with van der Waals surface area (Å²) in [6.07, 6.45) is 1.16. The zero-order valence-corrected chi connectivity index (χ0v) is 10.1. The van der Waals surface area contributed by atoms with Crippen LogP contribution in [0.4, 0.5) is 4.39 Å². The molecule has 1 fully saturated rings. The first kappa shape index (κ1) is 11.6. The first-order valence-electron chi connectivity index (χ1n) is 6.13. The molecule has 0 saturated carbocycles. The Morgan fingerprint density at radius 1 is 1.44 bits per heavy atom. The standard InChI is InChI=1S/C14H20FN/c1-11(2)9-16-7-6-13(10-16)12-4-3-5-14(15)8-12/h3-5,8,11,13H,6-7,9-10H2,1-2H3/t13-/m1/s1. The number of benzene rings is 1. The minimum Gasteiger partial charge on any atom is -0.302 e. The van der Waals surface area contributed by atoms with E-state index in [1.165, 1.54) is 6.07 Å². The third-order valence-electron chi connectivity index (χ3n) is 3.22. The zero-order chi connectivity index (χ0) is 11.5. The van der Waals surface area contributed by atoms with E-state index < -0.39 is 0 Å². The second-order valence-corrected chi connectivity index (χ2v) is 5.19. The molecule has 2 heteroatoms. The second kappa shape index (κ2) is 4.96. The van der Waals surface area contributed by atoms with Gasteiger partial charge in [-0.1, -0.05) is 26.0 Å². The predicted molar refractivity (Wildman–Crippen MR) is 65.0 cm³/mol. The summed E-state index contributed by atoms with van der Waals surface area (Å²) in [5.74, 6) is 1.13. The highest BCUT2D eigenvalue weighted by atomic mass is 19.1. The molecule has 1 saturated heterocycles. The molecule has 0 amide bonds. The van der Waals surface area contributed by atoms with Crippen LogP contribution in [0.25, 0.3) is 0 Å². The van der Waals surface area contributed by atoms with Crippen molar-refractivity contribution < 1.29 is 4.39 Å². The lowest BCUT2D eigenvalue weighted by Gasteiger charge is -2.18. The van der Waals surface area contributed by atoms with E-state index in [-0.39, 0.29) is 5.82 Å². The summed E-state index contributed by atoms with van der Waals surface area (Å²) in [5.41, 5.74) is 1.16. The van der Waals surface area contributed by atoms with Crippen molar-refractivity contribution in [3.63, 3.8) is 0 Å². The second-order valence-electron chi connectivity index (χ2n) is 5.19. The maximum atomic E-state index is 13.1. The average Bonchev–Trinajstić information content (AvgIpc) is 2.65. The Bertz CT molecular complexity index is 348. The topological polar surface area (TPSA) is 3.24 Å². The van der Waals surface area contributed by atoms with Crippen LogP contribution in [0.5, 0.6) is 0 Å². The Morgan fingerprint density at radius 3 is 2.94 bits per heavy atom. The van der Waals surface area contributed by atoms with Gasteiger partial charge in [0.15, 0.2) is 0 Å². The smallest absolute Gasteiger partial charge is 0.123 e. The maximum absolute atomic E-state index is 13.1. The lowest BCUT2D eigenvalue weighted by molar-refractivity contribution is 0.295. The monoisotopic (exact) mass is 221 g/mol. The van der Waals surface area contributed by atoms with Crippen LogP contribution in [0.15, 0.2) is 24.3 Å². The van der Waals surface area contributed by atoms with E-state index in [4.69, 9.17) is 0 Å². The number of hydrogen-bond acceptors (Lipinski definition) is 1. The zero-order valence-electron chi connectivity index (χ0n) is 10.1. The van der Waals surface area contributed by atoms with E-state index in [0.717, 1.165) is 31.6 Å². The van der Waals surface area contributed by atoms with Gasteiger partial charge in [0.25, 0.3) is 0 Å². The Morgan fingerprint density at radius 2 is 2.25 bits per heavy atom. The third kappa shape index (κ3) is 2.82. The van der Waals surface area contributed by atoms with E-state index in [1.54, 1.807) is 6.07 Å². The van der Waals surface area contributed by atoms with E-state index in [2.05, 4.69) is 18.7 Å². The van der Waals surface area contributed by atoms with Gasteiger partial charge in [0.05, 0.1) is 0 Å². The molecule has 1 nitrogen and oxygen atoms in total. The molecule has 0 aromatic heterocycles. The quantitative estimate of drug-likeness (QED) is 0.757. The summed E-state index contributed by atoms with van der Waals surface area (Å²) in [6, 6.07) is 7.07. The fourth-order valence-electron chi connectivity index (χ4n) is 2.55. The minimum absolute atomic E-state index is 0.111. The summed E-state index contributed by atoms with van der Waals surface area (Å²) in [4.78, 5) is 2.49. The number of rotatable bonds is 3. The summed E-state index contributed by atoms with van der Waals surface area (Å²) in [5, 5.41) is 0. The first-order chi connectivity index (χ1) is 7.65. The van der Waals surface area contributed by atoms with Gasteiger partial charge in [0.2, 0.25) is 0 Å². The molecule has 2 rings (SSSR count). The number of halogens is 1. The molecule has 88 valence electrons. The van der Waals surface area contributed by atoms with Crippen LogP contribution in [-0.2, 0) is 0 Å². The largest absolute Gasteiger partial charge is 0.302 e. The molecule has 1 aliphatic rings. The summed E-state index contributed by atoms with van der Waals surface area (Å²) < 4.78 is 13.1. The van der Waals surface area contributed by atoms with Gasteiger partial charge < -0.3 is 4.90 Å². The summed E-state index contributed by atoms with van der Waals surface area (Å²) in [6.45, 7) is 7.89. The van der Waals surface area contributed by atoms with Crippen LogP contribution in [0, 0.1) is 11.7 Å². The molecule has 0 spiro atoms. The van der Waals surface area contributed by atoms with Gasteiger partial charge in [-0.05, 0) is 42.5 Å². The summed E-state index contributed by atoms with van der Waals surface area (Å²) >= 11 is 0. The minimum atomic E-state index is -0.111.